The van der Waals surface area contributed by atoms with E-state index in [0.717, 1.165) is 50.2 Å². The summed E-state index contributed by atoms with van der Waals surface area (Å²) in [5.74, 6) is -0.0176. The number of piperazine rings is 1. The Morgan fingerprint density at radius 2 is 1.96 bits per heavy atom. The molecule has 2 aliphatic rings. The molecular formula is C17H21FN6O. The average Bonchev–Trinajstić information content (AvgIpc) is 3.08. The largest absolute Gasteiger partial charge is 0.352 e. The molecule has 25 heavy (non-hydrogen) atoms. The lowest BCUT2D eigenvalue weighted by molar-refractivity contribution is 0.241. The van der Waals surface area contributed by atoms with E-state index in [0.29, 0.717) is 25.5 Å². The van der Waals surface area contributed by atoms with E-state index in [4.69, 9.17) is 0 Å². The van der Waals surface area contributed by atoms with Gasteiger partial charge >= 0.3 is 0 Å². The molecule has 132 valence electrons. The van der Waals surface area contributed by atoms with E-state index in [1.165, 1.54) is 12.5 Å². The summed E-state index contributed by atoms with van der Waals surface area (Å²) in [7, 11) is 0. The maximum Gasteiger partial charge on any atom is 0.267 e. The highest BCUT2D eigenvalue weighted by molar-refractivity contribution is 5.38. The third-order valence-corrected chi connectivity index (χ3v) is 4.97. The molecule has 1 aliphatic heterocycles. The number of nitrogens with zero attached hydrogens (tertiary/aromatic N) is 6. The Morgan fingerprint density at radius 3 is 2.76 bits per heavy atom. The molecule has 8 heteroatoms. The highest BCUT2D eigenvalue weighted by Gasteiger charge is 2.21. The minimum atomic E-state index is -0.384. The summed E-state index contributed by atoms with van der Waals surface area (Å²) in [5, 5.41) is 4.51. The molecule has 0 N–H and O–H groups in total. The number of aryl methyl sites for hydroxylation is 2. The molecule has 1 aliphatic carbocycles. The van der Waals surface area contributed by atoms with Crippen LogP contribution in [0.3, 0.4) is 0 Å². The molecule has 1 saturated heterocycles. The van der Waals surface area contributed by atoms with E-state index < -0.39 is 0 Å². The van der Waals surface area contributed by atoms with Crippen molar-refractivity contribution in [3.63, 3.8) is 0 Å². The monoisotopic (exact) mass is 344 g/mol. The molecule has 0 atom stereocenters. The van der Waals surface area contributed by atoms with Crippen molar-refractivity contribution in [1.29, 1.82) is 0 Å². The summed E-state index contributed by atoms with van der Waals surface area (Å²) in [6.45, 7) is 4.40. The molecule has 0 amide bonds. The van der Waals surface area contributed by atoms with Crippen molar-refractivity contribution < 1.29 is 4.39 Å². The molecule has 0 spiro atoms. The molecule has 0 aromatic carbocycles. The highest BCUT2D eigenvalue weighted by atomic mass is 19.1. The van der Waals surface area contributed by atoms with Crippen LogP contribution in [0.25, 0.3) is 0 Å². The fourth-order valence-corrected chi connectivity index (χ4v) is 3.56. The van der Waals surface area contributed by atoms with E-state index >= 15 is 0 Å². The van der Waals surface area contributed by atoms with Gasteiger partial charge in [-0.25, -0.2) is 19.0 Å². The van der Waals surface area contributed by atoms with Crippen LogP contribution in [0, 0.1) is 5.82 Å². The number of rotatable bonds is 4. The van der Waals surface area contributed by atoms with Crippen LogP contribution in [0.15, 0.2) is 23.4 Å². The summed E-state index contributed by atoms with van der Waals surface area (Å²) in [5.41, 5.74) is 2.17. The maximum atomic E-state index is 13.8. The van der Waals surface area contributed by atoms with Gasteiger partial charge in [-0.2, -0.15) is 5.10 Å². The lowest BCUT2D eigenvalue weighted by Crippen LogP contribution is -2.48. The second-order valence-corrected chi connectivity index (χ2v) is 6.55. The third kappa shape index (κ3) is 3.39. The van der Waals surface area contributed by atoms with Crippen LogP contribution in [0.1, 0.15) is 17.7 Å². The Hall–Kier alpha value is -2.35. The number of hydrogen-bond donors (Lipinski definition) is 0. The van der Waals surface area contributed by atoms with Gasteiger partial charge in [0.1, 0.15) is 6.33 Å². The molecule has 1 fully saturated rings. The predicted molar refractivity (Wildman–Crippen MR) is 91.2 cm³/mol. The van der Waals surface area contributed by atoms with Crippen LogP contribution in [-0.4, -0.2) is 57.4 Å². The first-order valence-electron chi connectivity index (χ1n) is 8.73. The minimum Gasteiger partial charge on any atom is -0.352 e. The molecular weight excluding hydrogens is 323 g/mol. The SMILES string of the molecule is O=c1cc2c(nn1CCN1CCN(c3ncncc3F)CC1)CCC2. The maximum absolute atomic E-state index is 13.8. The molecule has 3 heterocycles. The summed E-state index contributed by atoms with van der Waals surface area (Å²) >= 11 is 0. The first kappa shape index (κ1) is 16.1. The van der Waals surface area contributed by atoms with E-state index in [9.17, 15) is 9.18 Å². The van der Waals surface area contributed by atoms with Crippen molar-refractivity contribution >= 4 is 5.82 Å². The number of hydrogen-bond acceptors (Lipinski definition) is 6. The van der Waals surface area contributed by atoms with Crippen molar-refractivity contribution in [2.24, 2.45) is 0 Å². The highest BCUT2D eigenvalue weighted by Crippen LogP contribution is 2.18. The third-order valence-electron chi connectivity index (χ3n) is 4.97. The number of halogens is 1. The van der Waals surface area contributed by atoms with Crippen LogP contribution >= 0.6 is 0 Å². The lowest BCUT2D eigenvalue weighted by Gasteiger charge is -2.35. The van der Waals surface area contributed by atoms with Gasteiger partial charge in [0.15, 0.2) is 11.6 Å². The fraction of sp³-hybridized carbons (Fsp3) is 0.529. The Kier molecular flexibility index (Phi) is 4.44. The van der Waals surface area contributed by atoms with Crippen molar-refractivity contribution in [2.75, 3.05) is 37.6 Å². The zero-order chi connectivity index (χ0) is 17.2. The smallest absolute Gasteiger partial charge is 0.267 e. The van der Waals surface area contributed by atoms with E-state index in [2.05, 4.69) is 20.0 Å². The Morgan fingerprint density at radius 1 is 1.12 bits per heavy atom. The Balaban J connectivity index is 1.34. The van der Waals surface area contributed by atoms with Crippen molar-refractivity contribution in [3.8, 4) is 0 Å². The summed E-state index contributed by atoms with van der Waals surface area (Å²) < 4.78 is 15.4. The second-order valence-electron chi connectivity index (χ2n) is 6.55. The Bertz CT molecular complexity index is 815. The van der Waals surface area contributed by atoms with Crippen LogP contribution in [0.2, 0.25) is 0 Å². The van der Waals surface area contributed by atoms with E-state index in [1.54, 1.807) is 10.7 Å². The summed E-state index contributed by atoms with van der Waals surface area (Å²) in [4.78, 5) is 24.1. The standard InChI is InChI=1S/C17H21FN6O/c18-14-11-19-12-20-17(14)23-7-4-22(5-8-23)6-9-24-16(25)10-13-2-1-3-15(13)21-24/h10-12H,1-9H2. The van der Waals surface area contributed by atoms with Gasteiger partial charge in [-0.3, -0.25) is 9.69 Å². The topological polar surface area (TPSA) is 67.2 Å². The average molecular weight is 344 g/mol. The van der Waals surface area contributed by atoms with Gasteiger partial charge in [-0.15, -0.1) is 0 Å². The predicted octanol–water partition coefficient (Wildman–Crippen LogP) is 0.483. The molecule has 2 aromatic rings. The normalized spacial score (nSPS) is 17.7. The zero-order valence-corrected chi connectivity index (χ0v) is 14.1. The molecule has 0 bridgehead atoms. The van der Waals surface area contributed by atoms with Crippen molar-refractivity contribution in [1.82, 2.24) is 24.6 Å². The fourth-order valence-electron chi connectivity index (χ4n) is 3.56. The van der Waals surface area contributed by atoms with Gasteiger partial charge in [0.05, 0.1) is 18.4 Å². The first-order valence-corrected chi connectivity index (χ1v) is 8.73. The first-order chi connectivity index (χ1) is 12.2. The van der Waals surface area contributed by atoms with Crippen LogP contribution in [0.5, 0.6) is 0 Å². The van der Waals surface area contributed by atoms with Gasteiger partial charge in [0.2, 0.25) is 0 Å². The molecule has 0 unspecified atom stereocenters. The molecule has 4 rings (SSSR count). The minimum absolute atomic E-state index is 0.0117. The van der Waals surface area contributed by atoms with Gasteiger partial charge < -0.3 is 4.90 Å². The Labute approximate surface area is 145 Å². The van der Waals surface area contributed by atoms with Gasteiger partial charge in [0, 0.05) is 38.8 Å². The zero-order valence-electron chi connectivity index (χ0n) is 14.1. The molecule has 7 nitrogen and oxygen atoms in total. The number of aromatic nitrogens is 4. The number of anilines is 1. The summed E-state index contributed by atoms with van der Waals surface area (Å²) in [6.07, 6.45) is 5.60. The molecule has 0 radical (unpaired) electrons. The second kappa shape index (κ2) is 6.87. The summed E-state index contributed by atoms with van der Waals surface area (Å²) in [6, 6.07) is 1.74. The van der Waals surface area contributed by atoms with Gasteiger partial charge in [0.25, 0.3) is 5.56 Å². The lowest BCUT2D eigenvalue weighted by atomic mass is 10.2. The molecule has 0 saturated carbocycles. The van der Waals surface area contributed by atoms with Crippen LogP contribution in [0.4, 0.5) is 10.2 Å². The van der Waals surface area contributed by atoms with Crippen LogP contribution < -0.4 is 10.5 Å². The van der Waals surface area contributed by atoms with Crippen molar-refractivity contribution in [2.45, 2.75) is 25.8 Å². The van der Waals surface area contributed by atoms with Gasteiger partial charge in [-0.1, -0.05) is 0 Å². The van der Waals surface area contributed by atoms with Gasteiger partial charge in [-0.05, 0) is 24.8 Å². The number of fused-ring (bicyclic) bond motifs is 1. The van der Waals surface area contributed by atoms with E-state index in [-0.39, 0.29) is 11.4 Å². The molecule has 2 aromatic heterocycles. The van der Waals surface area contributed by atoms with Crippen molar-refractivity contribution in [3.05, 3.63) is 46.0 Å². The van der Waals surface area contributed by atoms with E-state index in [1.807, 2.05) is 4.90 Å². The quantitative estimate of drug-likeness (QED) is 0.804. The van der Waals surface area contributed by atoms with Crippen LogP contribution in [-0.2, 0) is 19.4 Å².